The fourth-order valence-electron chi connectivity index (χ4n) is 3.77. The normalized spacial score (nSPS) is 25.5. The Morgan fingerprint density at radius 3 is 2.48 bits per heavy atom. The number of rotatable bonds is 5. The van der Waals surface area contributed by atoms with Gasteiger partial charge in [0.05, 0.1) is 27.4 Å². The van der Waals surface area contributed by atoms with Gasteiger partial charge in [0.25, 0.3) is 6.47 Å². The van der Waals surface area contributed by atoms with E-state index in [9.17, 15) is 5.11 Å². The van der Waals surface area contributed by atoms with Crippen LogP contribution in [-0.2, 0) is 16.1 Å². The molecule has 0 unspecified atom stereocenters. The molecular weight excluding hydrogens is 326 g/mol. The molecule has 0 amide bonds. The molecule has 1 aromatic carbocycles. The van der Waals surface area contributed by atoms with Crippen molar-refractivity contribution in [1.82, 2.24) is 4.90 Å². The zero-order chi connectivity index (χ0) is 18.3. The SMILES string of the molecule is COc1cc(CN2C[C@@H]3CCOC[C@]3(CO)C2)cc(OC)c1.O=CO. The molecule has 0 aromatic heterocycles. The summed E-state index contributed by atoms with van der Waals surface area (Å²) in [6.07, 6.45) is 1.04. The van der Waals surface area contributed by atoms with Crippen LogP contribution in [0.25, 0.3) is 0 Å². The maximum Gasteiger partial charge on any atom is 0.290 e. The number of nitrogens with zero attached hydrogens (tertiary/aromatic N) is 1. The lowest BCUT2D eigenvalue weighted by atomic mass is 9.76. The second-order valence-electron chi connectivity index (χ2n) is 6.55. The third-order valence-electron chi connectivity index (χ3n) is 5.02. The molecule has 140 valence electrons. The minimum absolute atomic E-state index is 0.0821. The van der Waals surface area contributed by atoms with E-state index in [4.69, 9.17) is 24.1 Å². The van der Waals surface area contributed by atoms with E-state index in [0.29, 0.717) is 12.5 Å². The smallest absolute Gasteiger partial charge is 0.290 e. The van der Waals surface area contributed by atoms with Gasteiger partial charge in [0.2, 0.25) is 0 Å². The summed E-state index contributed by atoms with van der Waals surface area (Å²) in [5, 5.41) is 16.7. The summed E-state index contributed by atoms with van der Waals surface area (Å²) in [6, 6.07) is 5.98. The predicted molar refractivity (Wildman–Crippen MR) is 92.0 cm³/mol. The van der Waals surface area contributed by atoms with Crippen LogP contribution in [0.3, 0.4) is 0 Å². The standard InChI is InChI=1S/C17H25NO4.CH2O2/c1-20-15-5-13(6-16(7-15)21-2)8-18-9-14-3-4-22-12-17(14,10-18)11-19;2-1-3/h5-7,14,19H,3-4,8-12H2,1-2H3;1H,(H,2,3)/t14-,17+;/m0./s1. The van der Waals surface area contributed by atoms with Crippen molar-refractivity contribution in [2.45, 2.75) is 13.0 Å². The first kappa shape index (κ1) is 19.5. The lowest BCUT2D eigenvalue weighted by molar-refractivity contribution is -0.122. The molecule has 2 saturated heterocycles. The molecule has 0 spiro atoms. The molecule has 0 saturated carbocycles. The van der Waals surface area contributed by atoms with E-state index in [1.54, 1.807) is 14.2 Å². The third-order valence-corrected chi connectivity index (χ3v) is 5.02. The Balaban J connectivity index is 0.000000701. The van der Waals surface area contributed by atoms with Gasteiger partial charge >= 0.3 is 0 Å². The molecule has 1 aromatic rings. The molecule has 2 aliphatic heterocycles. The maximum atomic E-state index is 9.85. The highest BCUT2D eigenvalue weighted by Gasteiger charge is 2.47. The third kappa shape index (κ3) is 4.62. The van der Waals surface area contributed by atoms with Gasteiger partial charge in [0.15, 0.2) is 0 Å². The van der Waals surface area contributed by atoms with Crippen LogP contribution in [0.5, 0.6) is 11.5 Å². The number of carboxylic acid groups (broad SMARTS) is 1. The Morgan fingerprint density at radius 2 is 1.96 bits per heavy atom. The van der Waals surface area contributed by atoms with Crippen LogP contribution in [-0.4, -0.2) is 68.7 Å². The molecule has 3 rings (SSSR count). The fraction of sp³-hybridized carbons (Fsp3) is 0.611. The van der Waals surface area contributed by atoms with E-state index in [1.165, 1.54) is 5.56 Å². The number of aliphatic hydroxyl groups is 1. The molecule has 0 aliphatic carbocycles. The Hall–Kier alpha value is -1.83. The Labute approximate surface area is 148 Å². The molecule has 2 aliphatic rings. The average Bonchev–Trinajstić information content (AvgIpc) is 3.00. The van der Waals surface area contributed by atoms with Gasteiger partial charge in [-0.2, -0.15) is 0 Å². The van der Waals surface area contributed by atoms with Gasteiger partial charge in [-0.05, 0) is 30.0 Å². The summed E-state index contributed by atoms with van der Waals surface area (Å²) < 4.78 is 16.3. The summed E-state index contributed by atoms with van der Waals surface area (Å²) in [5.41, 5.74) is 1.09. The van der Waals surface area contributed by atoms with Gasteiger partial charge in [-0.25, -0.2) is 0 Å². The van der Waals surface area contributed by atoms with E-state index < -0.39 is 0 Å². The molecule has 7 nitrogen and oxygen atoms in total. The van der Waals surface area contributed by atoms with Crippen molar-refractivity contribution in [3.8, 4) is 11.5 Å². The van der Waals surface area contributed by atoms with E-state index >= 15 is 0 Å². The zero-order valence-electron chi connectivity index (χ0n) is 14.8. The molecule has 2 atom stereocenters. The maximum absolute atomic E-state index is 9.85. The topological polar surface area (TPSA) is 88.5 Å². The molecular formula is C18H27NO6. The van der Waals surface area contributed by atoms with Crippen LogP contribution in [0.2, 0.25) is 0 Å². The Bertz CT molecular complexity index is 544. The second kappa shape index (κ2) is 9.03. The largest absolute Gasteiger partial charge is 0.497 e. The van der Waals surface area contributed by atoms with Crippen LogP contribution in [0, 0.1) is 11.3 Å². The second-order valence-corrected chi connectivity index (χ2v) is 6.55. The number of methoxy groups -OCH3 is 2. The summed E-state index contributed by atoms with van der Waals surface area (Å²) in [4.78, 5) is 10.8. The van der Waals surface area contributed by atoms with Crippen molar-refractivity contribution < 1.29 is 29.2 Å². The van der Waals surface area contributed by atoms with Crippen LogP contribution in [0.15, 0.2) is 18.2 Å². The summed E-state index contributed by atoms with van der Waals surface area (Å²) in [5.74, 6) is 2.15. The number of fused-ring (bicyclic) bond motifs is 1. The number of benzene rings is 1. The number of hydrogen-bond donors (Lipinski definition) is 2. The highest BCUT2D eigenvalue weighted by Crippen LogP contribution is 2.41. The summed E-state index contributed by atoms with van der Waals surface area (Å²) in [6.45, 7) is 4.18. The average molecular weight is 353 g/mol. The molecule has 0 bridgehead atoms. The number of hydrogen-bond acceptors (Lipinski definition) is 6. The minimum Gasteiger partial charge on any atom is -0.497 e. The number of likely N-dealkylation sites (tertiary alicyclic amines) is 1. The lowest BCUT2D eigenvalue weighted by Crippen LogP contribution is -2.42. The number of carbonyl (C=O) groups is 1. The highest BCUT2D eigenvalue weighted by molar-refractivity contribution is 5.38. The van der Waals surface area contributed by atoms with Crippen LogP contribution >= 0.6 is 0 Å². The van der Waals surface area contributed by atoms with Gasteiger partial charge in [-0.15, -0.1) is 0 Å². The van der Waals surface area contributed by atoms with E-state index in [1.807, 2.05) is 18.2 Å². The molecule has 7 heteroatoms. The molecule has 2 N–H and O–H groups in total. The van der Waals surface area contributed by atoms with Crippen LogP contribution < -0.4 is 9.47 Å². The predicted octanol–water partition coefficient (Wildman–Crippen LogP) is 1.24. The van der Waals surface area contributed by atoms with Crippen molar-refractivity contribution in [1.29, 1.82) is 0 Å². The van der Waals surface area contributed by atoms with Gasteiger partial charge in [0.1, 0.15) is 11.5 Å². The van der Waals surface area contributed by atoms with Gasteiger partial charge in [-0.3, -0.25) is 9.69 Å². The quantitative estimate of drug-likeness (QED) is 0.770. The van der Waals surface area contributed by atoms with Gasteiger partial charge in [-0.1, -0.05) is 0 Å². The van der Waals surface area contributed by atoms with Crippen molar-refractivity contribution in [3.63, 3.8) is 0 Å². The number of aliphatic hydroxyl groups excluding tert-OH is 1. The Kier molecular flexibility index (Phi) is 7.04. The number of ether oxygens (including phenoxy) is 3. The first-order chi connectivity index (χ1) is 12.1. The molecule has 0 radical (unpaired) electrons. The Morgan fingerprint density at radius 1 is 1.32 bits per heavy atom. The highest BCUT2D eigenvalue weighted by atomic mass is 16.5. The molecule has 2 heterocycles. The summed E-state index contributed by atoms with van der Waals surface area (Å²) in [7, 11) is 3.34. The lowest BCUT2D eigenvalue weighted by Gasteiger charge is -2.36. The monoisotopic (exact) mass is 353 g/mol. The van der Waals surface area contributed by atoms with Crippen molar-refractivity contribution in [3.05, 3.63) is 23.8 Å². The summed E-state index contributed by atoms with van der Waals surface area (Å²) >= 11 is 0. The fourth-order valence-corrected chi connectivity index (χ4v) is 3.77. The van der Waals surface area contributed by atoms with E-state index in [2.05, 4.69) is 4.90 Å². The van der Waals surface area contributed by atoms with Gasteiger partial charge < -0.3 is 24.4 Å². The van der Waals surface area contributed by atoms with Crippen molar-refractivity contribution in [2.24, 2.45) is 11.3 Å². The first-order valence-electron chi connectivity index (χ1n) is 8.31. The van der Waals surface area contributed by atoms with Crippen LogP contribution in [0.4, 0.5) is 0 Å². The zero-order valence-corrected chi connectivity index (χ0v) is 14.8. The molecule has 25 heavy (non-hydrogen) atoms. The van der Waals surface area contributed by atoms with Gasteiger partial charge in [0, 0.05) is 37.7 Å². The van der Waals surface area contributed by atoms with Crippen molar-refractivity contribution in [2.75, 3.05) is 47.1 Å². The van der Waals surface area contributed by atoms with E-state index in [-0.39, 0.29) is 18.5 Å². The van der Waals surface area contributed by atoms with E-state index in [0.717, 1.165) is 44.2 Å². The first-order valence-corrected chi connectivity index (χ1v) is 8.31. The minimum atomic E-state index is -0.250. The van der Waals surface area contributed by atoms with Crippen molar-refractivity contribution >= 4 is 6.47 Å². The molecule has 2 fully saturated rings. The van der Waals surface area contributed by atoms with Crippen LogP contribution in [0.1, 0.15) is 12.0 Å².